The van der Waals surface area contributed by atoms with Gasteiger partial charge in [-0.3, -0.25) is 0 Å². The highest BCUT2D eigenvalue weighted by Crippen LogP contribution is 2.25. The first kappa shape index (κ1) is 24.0. The molecule has 2 atom stereocenters. The van der Waals surface area contributed by atoms with E-state index in [1.807, 2.05) is 39.8 Å². The van der Waals surface area contributed by atoms with Crippen molar-refractivity contribution in [3.05, 3.63) is 24.8 Å². The predicted molar refractivity (Wildman–Crippen MR) is 104 cm³/mol. The summed E-state index contributed by atoms with van der Waals surface area (Å²) in [6, 6.07) is 0.744. The molecule has 0 N–H and O–H groups in total. The molecule has 5 nitrogen and oxygen atoms in total. The van der Waals surface area contributed by atoms with Gasteiger partial charge in [-0.2, -0.15) is 0 Å². The minimum absolute atomic E-state index is 0.276. The lowest BCUT2D eigenvalue weighted by Gasteiger charge is -2.35. The molecule has 0 aliphatic heterocycles. The lowest BCUT2D eigenvalue weighted by Crippen LogP contribution is -2.45. The number of rotatable bonds is 13. The van der Waals surface area contributed by atoms with Crippen LogP contribution in [0, 0.1) is 0 Å². The molecule has 0 aliphatic rings. The van der Waals surface area contributed by atoms with E-state index in [0.29, 0.717) is 13.0 Å². The second kappa shape index (κ2) is 12.4. The highest BCUT2D eigenvalue weighted by Gasteiger charge is 2.36. The average molecular weight is 373 g/mol. The van der Waals surface area contributed by atoms with E-state index in [-0.39, 0.29) is 11.7 Å². The second-order valence-electron chi connectivity index (χ2n) is 7.14. The lowest BCUT2D eigenvalue weighted by molar-refractivity contribution is -0.141. The Hall–Kier alpha value is -0.953. The quantitative estimate of drug-likeness (QED) is 0.158. The number of carbonyl (C=O) groups is 1. The molecule has 0 aromatic rings. The van der Waals surface area contributed by atoms with Gasteiger partial charge in [0.05, 0.1) is 5.60 Å². The molecular weight excluding hydrogens is 336 g/mol. The van der Waals surface area contributed by atoms with E-state index in [4.69, 9.17) is 18.3 Å². The first-order valence-corrected chi connectivity index (χ1v) is 11.5. The van der Waals surface area contributed by atoms with Gasteiger partial charge in [0.1, 0.15) is 6.10 Å². The third-order valence-electron chi connectivity index (χ3n) is 3.40. The van der Waals surface area contributed by atoms with Gasteiger partial charge in [0.25, 0.3) is 0 Å². The zero-order chi connectivity index (χ0) is 19.3. The Balaban J connectivity index is 4.77. The van der Waals surface area contributed by atoms with E-state index in [1.54, 1.807) is 7.11 Å². The summed E-state index contributed by atoms with van der Waals surface area (Å²) in [6.07, 6.45) is 7.24. The molecule has 0 heterocycles. The summed E-state index contributed by atoms with van der Waals surface area (Å²) >= 11 is 0. The van der Waals surface area contributed by atoms with Gasteiger partial charge in [-0.1, -0.05) is 12.7 Å². The van der Waals surface area contributed by atoms with Crippen molar-refractivity contribution < 1.29 is 23.1 Å². The highest BCUT2D eigenvalue weighted by atomic mass is 28.4. The number of hydrogen-bond donors (Lipinski definition) is 0. The zero-order valence-electron chi connectivity index (χ0n) is 16.8. The molecule has 0 saturated heterocycles. The molecule has 0 spiro atoms. The van der Waals surface area contributed by atoms with Crippen LogP contribution in [0.2, 0.25) is 12.6 Å². The fraction of sp³-hybridized carbons (Fsp3) is 0.737. The summed E-state index contributed by atoms with van der Waals surface area (Å²) < 4.78 is 22.9. The van der Waals surface area contributed by atoms with Crippen molar-refractivity contribution in [2.75, 3.05) is 20.3 Å². The summed E-state index contributed by atoms with van der Waals surface area (Å²) in [6.45, 7) is 14.9. The molecule has 0 saturated carbocycles. The van der Waals surface area contributed by atoms with E-state index in [1.165, 1.54) is 6.08 Å². The molecule has 0 aliphatic carbocycles. The monoisotopic (exact) mass is 372 g/mol. The van der Waals surface area contributed by atoms with Crippen LogP contribution < -0.4 is 0 Å². The van der Waals surface area contributed by atoms with Crippen LogP contribution in [0.25, 0.3) is 0 Å². The summed E-state index contributed by atoms with van der Waals surface area (Å²) in [5.74, 6) is -0.413. The number of ether oxygens (including phenoxy) is 2. The van der Waals surface area contributed by atoms with E-state index >= 15 is 0 Å². The van der Waals surface area contributed by atoms with E-state index < -0.39 is 14.5 Å². The number of carbonyl (C=O) groups excluding carboxylic acids is 1. The minimum Gasteiger partial charge on any atom is -0.455 e. The van der Waals surface area contributed by atoms with Crippen molar-refractivity contribution in [3.63, 3.8) is 0 Å². The van der Waals surface area contributed by atoms with Crippen LogP contribution in [0.15, 0.2) is 24.8 Å². The van der Waals surface area contributed by atoms with Gasteiger partial charge in [0, 0.05) is 26.4 Å². The Morgan fingerprint density at radius 2 is 1.88 bits per heavy atom. The molecule has 0 radical (unpaired) electrons. The van der Waals surface area contributed by atoms with E-state index in [9.17, 15) is 4.79 Å². The van der Waals surface area contributed by atoms with Gasteiger partial charge in [0.15, 0.2) is 0 Å². The molecule has 0 aromatic carbocycles. The Kier molecular flexibility index (Phi) is 11.9. The molecular formula is C19H36O5Si. The van der Waals surface area contributed by atoms with Gasteiger partial charge in [-0.05, 0) is 65.6 Å². The maximum atomic E-state index is 11.5. The van der Waals surface area contributed by atoms with Crippen LogP contribution in [0.5, 0.6) is 0 Å². The van der Waals surface area contributed by atoms with E-state index in [2.05, 4.69) is 13.1 Å². The van der Waals surface area contributed by atoms with Crippen LogP contribution >= 0.6 is 0 Å². The largest absolute Gasteiger partial charge is 0.455 e. The second-order valence-corrected chi connectivity index (χ2v) is 10.4. The maximum Gasteiger partial charge on any atom is 0.335 e. The molecule has 0 fully saturated rings. The van der Waals surface area contributed by atoms with Crippen molar-refractivity contribution in [1.82, 2.24) is 0 Å². The molecule has 0 bridgehead atoms. The number of esters is 1. The SMILES string of the molecule is C=CC(=O)OC(C=CC)CC[Si](C)(OCCCCOC)OC(C)(C)C. The zero-order valence-corrected chi connectivity index (χ0v) is 17.8. The molecule has 2 unspecified atom stereocenters. The van der Waals surface area contributed by atoms with E-state index in [0.717, 1.165) is 25.5 Å². The Morgan fingerprint density at radius 3 is 2.40 bits per heavy atom. The Bertz CT molecular complexity index is 417. The van der Waals surface area contributed by atoms with Gasteiger partial charge >= 0.3 is 14.5 Å². The molecule has 0 aromatic heterocycles. The Labute approximate surface area is 154 Å². The van der Waals surface area contributed by atoms with Crippen molar-refractivity contribution in [3.8, 4) is 0 Å². The smallest absolute Gasteiger partial charge is 0.335 e. The third-order valence-corrected chi connectivity index (χ3v) is 6.45. The first-order valence-electron chi connectivity index (χ1n) is 8.94. The minimum atomic E-state index is -2.39. The van der Waals surface area contributed by atoms with Gasteiger partial charge in [0.2, 0.25) is 0 Å². The van der Waals surface area contributed by atoms with Crippen LogP contribution in [0.4, 0.5) is 0 Å². The summed E-state index contributed by atoms with van der Waals surface area (Å²) in [4.78, 5) is 11.5. The van der Waals surface area contributed by atoms with Crippen LogP contribution in [0.3, 0.4) is 0 Å². The summed E-state index contributed by atoms with van der Waals surface area (Å²) in [5, 5.41) is 0. The number of hydrogen-bond acceptors (Lipinski definition) is 5. The first-order chi connectivity index (χ1) is 11.7. The van der Waals surface area contributed by atoms with Crippen molar-refractivity contribution in [2.45, 2.75) is 71.3 Å². The van der Waals surface area contributed by atoms with Crippen LogP contribution in [-0.4, -0.2) is 46.6 Å². The topological polar surface area (TPSA) is 54.0 Å². The molecule has 0 amide bonds. The standard InChI is InChI=1S/C19H36O5Si/c1-8-12-17(23-18(20)9-2)13-16-25(7,24-19(3,4)5)22-15-11-10-14-21-6/h8-9,12,17H,2,10-11,13-16H2,1,3-7H3. The highest BCUT2D eigenvalue weighted by molar-refractivity contribution is 6.66. The van der Waals surface area contributed by atoms with Crippen LogP contribution in [-0.2, 0) is 23.1 Å². The number of allylic oxidation sites excluding steroid dienone is 1. The molecule has 0 rings (SSSR count). The van der Waals surface area contributed by atoms with Gasteiger partial charge in [-0.25, -0.2) is 4.79 Å². The average Bonchev–Trinajstić information content (AvgIpc) is 2.51. The maximum absolute atomic E-state index is 11.5. The fourth-order valence-corrected chi connectivity index (χ4v) is 5.43. The van der Waals surface area contributed by atoms with Crippen molar-refractivity contribution in [2.24, 2.45) is 0 Å². The summed E-state index contributed by atoms with van der Waals surface area (Å²) in [7, 11) is -0.687. The lowest BCUT2D eigenvalue weighted by atomic mass is 10.2. The summed E-state index contributed by atoms with van der Waals surface area (Å²) in [5.41, 5.74) is -0.276. The normalized spacial score (nSPS) is 15.8. The predicted octanol–water partition coefficient (Wildman–Crippen LogP) is 4.38. The van der Waals surface area contributed by atoms with Crippen molar-refractivity contribution >= 4 is 14.5 Å². The van der Waals surface area contributed by atoms with Crippen LogP contribution in [0.1, 0.15) is 47.0 Å². The number of methoxy groups -OCH3 is 1. The van der Waals surface area contributed by atoms with Gasteiger partial charge < -0.3 is 18.3 Å². The molecule has 25 heavy (non-hydrogen) atoms. The molecule has 6 heteroatoms. The fourth-order valence-electron chi connectivity index (χ4n) is 2.45. The number of unbranched alkanes of at least 4 members (excludes halogenated alkanes) is 1. The molecule has 146 valence electrons. The Morgan fingerprint density at radius 1 is 1.24 bits per heavy atom. The van der Waals surface area contributed by atoms with Crippen molar-refractivity contribution in [1.29, 1.82) is 0 Å². The van der Waals surface area contributed by atoms with Gasteiger partial charge in [-0.15, -0.1) is 0 Å². The third kappa shape index (κ3) is 13.0.